The van der Waals surface area contributed by atoms with Gasteiger partial charge >= 0.3 is 5.69 Å². The average Bonchev–Trinajstić information content (AvgIpc) is 2.86. The first kappa shape index (κ1) is 19.0. The summed E-state index contributed by atoms with van der Waals surface area (Å²) in [6.45, 7) is 8.91. The summed E-state index contributed by atoms with van der Waals surface area (Å²) < 4.78 is 4.36. The molecule has 0 radical (unpaired) electrons. The number of anilines is 1. The molecular weight excluding hydrogens is 320 g/mol. The molecule has 2 N–H and O–H groups in total. The molecule has 0 unspecified atom stereocenters. The quantitative estimate of drug-likeness (QED) is 0.798. The third-order valence-corrected chi connectivity index (χ3v) is 4.00. The Morgan fingerprint density at radius 2 is 1.84 bits per heavy atom. The monoisotopic (exact) mass is 348 g/mol. The SMILES string of the molecule is CC(C)=CCn1c(N(C)CC(C)(C)N)nc2c1c(=O)n(C)c(=O)n2C. The van der Waals surface area contributed by atoms with Gasteiger partial charge in [0.05, 0.1) is 0 Å². The van der Waals surface area contributed by atoms with Crippen LogP contribution in [0.4, 0.5) is 5.95 Å². The highest BCUT2D eigenvalue weighted by Gasteiger charge is 2.23. The zero-order valence-electron chi connectivity index (χ0n) is 16.1. The number of aryl methyl sites for hydroxylation is 1. The lowest BCUT2D eigenvalue weighted by atomic mass is 10.1. The van der Waals surface area contributed by atoms with Crippen LogP contribution in [-0.4, -0.2) is 37.8 Å². The van der Waals surface area contributed by atoms with Gasteiger partial charge in [0.15, 0.2) is 11.2 Å². The van der Waals surface area contributed by atoms with Crippen LogP contribution in [0.2, 0.25) is 0 Å². The van der Waals surface area contributed by atoms with Gasteiger partial charge in [0.25, 0.3) is 5.56 Å². The summed E-state index contributed by atoms with van der Waals surface area (Å²) in [6, 6.07) is 0. The average molecular weight is 348 g/mol. The minimum Gasteiger partial charge on any atom is -0.343 e. The topological polar surface area (TPSA) is 91.1 Å². The number of imidazole rings is 1. The molecule has 8 heteroatoms. The van der Waals surface area contributed by atoms with Crippen LogP contribution in [0.5, 0.6) is 0 Å². The molecule has 2 rings (SSSR count). The molecule has 25 heavy (non-hydrogen) atoms. The summed E-state index contributed by atoms with van der Waals surface area (Å²) in [5.41, 5.74) is 6.90. The molecule has 0 spiro atoms. The van der Waals surface area contributed by atoms with Gasteiger partial charge in [-0.15, -0.1) is 0 Å². The number of hydrogen-bond acceptors (Lipinski definition) is 5. The van der Waals surface area contributed by atoms with Crippen molar-refractivity contribution in [2.45, 2.75) is 39.8 Å². The molecule has 0 saturated carbocycles. The highest BCUT2D eigenvalue weighted by molar-refractivity contribution is 5.74. The van der Waals surface area contributed by atoms with Crippen molar-refractivity contribution in [1.29, 1.82) is 0 Å². The van der Waals surface area contributed by atoms with Gasteiger partial charge in [-0.2, -0.15) is 4.98 Å². The van der Waals surface area contributed by atoms with E-state index in [1.54, 1.807) is 7.05 Å². The molecule has 2 heterocycles. The van der Waals surface area contributed by atoms with Gasteiger partial charge in [-0.25, -0.2) is 4.79 Å². The van der Waals surface area contributed by atoms with Crippen molar-refractivity contribution in [2.75, 3.05) is 18.5 Å². The van der Waals surface area contributed by atoms with Crippen molar-refractivity contribution in [3.63, 3.8) is 0 Å². The van der Waals surface area contributed by atoms with Gasteiger partial charge in [-0.1, -0.05) is 11.6 Å². The smallest absolute Gasteiger partial charge is 0.332 e. The van der Waals surface area contributed by atoms with E-state index in [1.807, 2.05) is 50.3 Å². The number of aromatic nitrogens is 4. The normalized spacial score (nSPS) is 11.8. The Labute approximate surface area is 147 Å². The molecule has 0 amide bonds. The summed E-state index contributed by atoms with van der Waals surface area (Å²) in [4.78, 5) is 31.4. The number of hydrogen-bond donors (Lipinski definition) is 1. The molecule has 2 aromatic rings. The molecule has 0 atom stereocenters. The van der Waals surface area contributed by atoms with Gasteiger partial charge in [0, 0.05) is 39.8 Å². The number of fused-ring (bicyclic) bond motifs is 1. The number of nitrogens with zero attached hydrogens (tertiary/aromatic N) is 5. The van der Waals surface area contributed by atoms with Gasteiger partial charge < -0.3 is 15.2 Å². The minimum absolute atomic E-state index is 0.348. The van der Waals surface area contributed by atoms with E-state index < -0.39 is 11.2 Å². The summed E-state index contributed by atoms with van der Waals surface area (Å²) in [7, 11) is 4.99. The lowest BCUT2D eigenvalue weighted by Crippen LogP contribution is -2.44. The van der Waals surface area contributed by atoms with Crippen LogP contribution in [-0.2, 0) is 20.6 Å². The van der Waals surface area contributed by atoms with Crippen molar-refractivity contribution in [1.82, 2.24) is 18.7 Å². The zero-order valence-corrected chi connectivity index (χ0v) is 16.1. The molecule has 0 aliphatic heterocycles. The summed E-state index contributed by atoms with van der Waals surface area (Å²) in [5, 5.41) is 0. The van der Waals surface area contributed by atoms with E-state index in [2.05, 4.69) is 4.98 Å². The second kappa shape index (κ2) is 6.51. The van der Waals surface area contributed by atoms with Crippen molar-refractivity contribution in [3.05, 3.63) is 32.5 Å². The number of likely N-dealkylation sites (N-methyl/N-ethyl adjacent to an activating group) is 1. The van der Waals surface area contributed by atoms with E-state index in [9.17, 15) is 9.59 Å². The first-order valence-electron chi connectivity index (χ1n) is 8.23. The molecule has 138 valence electrons. The molecule has 0 saturated heterocycles. The third-order valence-electron chi connectivity index (χ3n) is 4.00. The van der Waals surface area contributed by atoms with Gasteiger partial charge in [0.2, 0.25) is 5.95 Å². The van der Waals surface area contributed by atoms with Crippen molar-refractivity contribution in [3.8, 4) is 0 Å². The second-order valence-corrected chi connectivity index (χ2v) is 7.53. The summed E-state index contributed by atoms with van der Waals surface area (Å²) in [5.74, 6) is 0.615. The maximum Gasteiger partial charge on any atom is 0.332 e. The Kier molecular flexibility index (Phi) is 4.94. The number of rotatable bonds is 5. The van der Waals surface area contributed by atoms with Gasteiger partial charge in [0.1, 0.15) is 0 Å². The molecule has 0 aliphatic rings. The van der Waals surface area contributed by atoms with Gasteiger partial charge in [-0.05, 0) is 27.7 Å². The fraction of sp³-hybridized carbons (Fsp3) is 0.588. The van der Waals surface area contributed by atoms with E-state index in [1.165, 1.54) is 11.6 Å². The van der Waals surface area contributed by atoms with Crippen molar-refractivity contribution < 1.29 is 0 Å². The Morgan fingerprint density at radius 1 is 1.24 bits per heavy atom. The Morgan fingerprint density at radius 3 is 2.36 bits per heavy atom. The zero-order chi connectivity index (χ0) is 19.1. The molecule has 2 aromatic heterocycles. The van der Waals surface area contributed by atoms with Crippen molar-refractivity contribution >= 4 is 17.1 Å². The van der Waals surface area contributed by atoms with Crippen LogP contribution in [0, 0.1) is 0 Å². The minimum atomic E-state index is -0.426. The van der Waals surface area contributed by atoms with Gasteiger partial charge in [-0.3, -0.25) is 13.9 Å². The molecule has 8 nitrogen and oxygen atoms in total. The fourth-order valence-electron chi connectivity index (χ4n) is 2.86. The lowest BCUT2D eigenvalue weighted by molar-refractivity contribution is 0.512. The lowest BCUT2D eigenvalue weighted by Gasteiger charge is -2.27. The van der Waals surface area contributed by atoms with Crippen LogP contribution in [0.15, 0.2) is 21.2 Å². The Hall–Kier alpha value is -2.35. The maximum atomic E-state index is 12.7. The van der Waals surface area contributed by atoms with Crippen LogP contribution >= 0.6 is 0 Å². The van der Waals surface area contributed by atoms with Crippen LogP contribution in [0.3, 0.4) is 0 Å². The number of allylic oxidation sites excluding steroid dienone is 2. The first-order valence-corrected chi connectivity index (χ1v) is 8.23. The largest absolute Gasteiger partial charge is 0.343 e. The van der Waals surface area contributed by atoms with E-state index >= 15 is 0 Å². The predicted molar refractivity (Wildman–Crippen MR) is 101 cm³/mol. The van der Waals surface area contributed by atoms with Crippen LogP contribution in [0.1, 0.15) is 27.7 Å². The Balaban J connectivity index is 2.81. The molecule has 0 fully saturated rings. The first-order chi connectivity index (χ1) is 11.4. The third kappa shape index (κ3) is 3.68. The van der Waals surface area contributed by atoms with E-state index in [0.717, 1.165) is 10.1 Å². The molecule has 0 aliphatic carbocycles. The standard InChI is InChI=1S/C17H28N6O2/c1-11(2)8-9-23-12-13(21(6)16(25)22(7)14(12)24)19-15(23)20(5)10-17(3,4)18/h8H,9-10,18H2,1-7H3. The molecular formula is C17H28N6O2. The highest BCUT2D eigenvalue weighted by Crippen LogP contribution is 2.20. The van der Waals surface area contributed by atoms with Crippen molar-refractivity contribution in [2.24, 2.45) is 19.8 Å². The van der Waals surface area contributed by atoms with E-state index in [0.29, 0.717) is 30.2 Å². The predicted octanol–water partition coefficient (Wildman–Crippen LogP) is 0.573. The van der Waals surface area contributed by atoms with Crippen LogP contribution < -0.4 is 21.9 Å². The van der Waals surface area contributed by atoms with Crippen LogP contribution in [0.25, 0.3) is 11.2 Å². The fourth-order valence-corrected chi connectivity index (χ4v) is 2.86. The second-order valence-electron chi connectivity index (χ2n) is 7.53. The number of nitrogens with two attached hydrogens (primary N) is 1. The highest BCUT2D eigenvalue weighted by atomic mass is 16.2. The summed E-state index contributed by atoms with van der Waals surface area (Å²) in [6.07, 6.45) is 2.02. The molecule has 0 aromatic carbocycles. The van der Waals surface area contributed by atoms with E-state index in [4.69, 9.17) is 5.73 Å². The Bertz CT molecular complexity index is 935. The maximum absolute atomic E-state index is 12.7. The summed E-state index contributed by atoms with van der Waals surface area (Å²) >= 11 is 0. The van der Waals surface area contributed by atoms with E-state index in [-0.39, 0.29) is 5.56 Å². The molecule has 0 bridgehead atoms.